The van der Waals surface area contributed by atoms with Crippen LogP contribution in [0.2, 0.25) is 0 Å². The Hall–Kier alpha value is 0.179. The topological polar surface area (TPSA) is 36.9 Å². The van der Waals surface area contributed by atoms with Gasteiger partial charge in [-0.1, -0.05) is 0 Å². The molecule has 0 aromatic heterocycles. The van der Waals surface area contributed by atoms with E-state index in [2.05, 4.69) is 25.5 Å². The quantitative estimate of drug-likeness (QED) is 0.420. The van der Waals surface area contributed by atoms with Crippen LogP contribution in [0.25, 0.3) is 0 Å². The first-order chi connectivity index (χ1) is 11.5. The van der Waals surface area contributed by atoms with Crippen LogP contribution in [0.3, 0.4) is 0 Å². The Morgan fingerprint density at radius 3 is 1.46 bits per heavy atom. The molecule has 4 nitrogen and oxygen atoms in total. The van der Waals surface area contributed by atoms with Crippen molar-refractivity contribution in [3.63, 3.8) is 0 Å². The van der Waals surface area contributed by atoms with Gasteiger partial charge >= 0.3 is 166 Å². The normalized spacial score (nSPS) is 11.8. The van der Waals surface area contributed by atoms with Gasteiger partial charge in [-0.05, 0) is 0 Å². The monoisotopic (exact) mass is 692 g/mol. The Labute approximate surface area is 164 Å². The van der Waals surface area contributed by atoms with Gasteiger partial charge in [0, 0.05) is 0 Å². The van der Waals surface area contributed by atoms with Crippen LogP contribution in [0.5, 0.6) is 23.0 Å². The molecule has 0 aliphatic carbocycles. The number of rotatable bonds is 7. The molecule has 0 heterocycles. The summed E-state index contributed by atoms with van der Waals surface area (Å²) in [5, 5.41) is 0. The van der Waals surface area contributed by atoms with Crippen molar-refractivity contribution in [2.45, 2.75) is 0 Å². The van der Waals surface area contributed by atoms with E-state index in [-0.39, 0.29) is 0 Å². The van der Waals surface area contributed by atoms with E-state index in [4.69, 9.17) is 18.9 Å². The van der Waals surface area contributed by atoms with Crippen molar-refractivity contribution in [3.8, 4) is 23.0 Å². The van der Waals surface area contributed by atoms with E-state index in [0.29, 0.717) is 0 Å². The second-order valence-corrected chi connectivity index (χ2v) is 59.2. The molecule has 0 fully saturated rings. The van der Waals surface area contributed by atoms with Crippen molar-refractivity contribution in [2.75, 3.05) is 28.4 Å². The second kappa shape index (κ2) is 9.21. The van der Waals surface area contributed by atoms with Crippen LogP contribution >= 0.6 is 25.5 Å². The van der Waals surface area contributed by atoms with Gasteiger partial charge in [-0.3, -0.25) is 0 Å². The summed E-state index contributed by atoms with van der Waals surface area (Å²) in [4.78, 5) is 0. The summed E-state index contributed by atoms with van der Waals surface area (Å²) in [5.41, 5.74) is 0. The van der Waals surface area contributed by atoms with Crippen LogP contribution in [0, 0.1) is 0 Å². The van der Waals surface area contributed by atoms with Crippen LogP contribution in [0.15, 0.2) is 36.4 Å². The number of hydrogen-bond acceptors (Lipinski definition) is 4. The van der Waals surface area contributed by atoms with Crippen molar-refractivity contribution >= 4 is 59.7 Å². The summed E-state index contributed by atoms with van der Waals surface area (Å²) in [5.74, 6) is 3.40. The van der Waals surface area contributed by atoms with Crippen LogP contribution in [-0.4, -0.2) is 55.4 Å². The Bertz CT molecular complexity index is 666. The van der Waals surface area contributed by atoms with Crippen molar-refractivity contribution < 1.29 is 18.9 Å². The van der Waals surface area contributed by atoms with Crippen LogP contribution in [0.1, 0.15) is 0 Å². The zero-order valence-corrected chi connectivity index (χ0v) is 21.5. The van der Waals surface area contributed by atoms with Crippen LogP contribution < -0.4 is 26.2 Å². The summed E-state index contributed by atoms with van der Waals surface area (Å²) < 4.78 is 24.6. The van der Waals surface area contributed by atoms with E-state index in [9.17, 15) is 0 Å². The van der Waals surface area contributed by atoms with E-state index >= 15 is 0 Å². The molecule has 0 aliphatic heterocycles. The Morgan fingerprint density at radius 2 is 1.08 bits per heavy atom. The maximum atomic E-state index is 5.59. The summed E-state index contributed by atoms with van der Waals surface area (Å²) in [6.07, 6.45) is 0. The van der Waals surface area contributed by atoms with Gasteiger partial charge in [-0.2, -0.15) is 0 Å². The zero-order chi connectivity index (χ0) is 17.7. The third-order valence-electron chi connectivity index (χ3n) is 3.19. The third-order valence-corrected chi connectivity index (χ3v) is 34.5. The Kier molecular flexibility index (Phi) is 7.87. The minimum absolute atomic E-state index is 0.710. The molecule has 0 spiro atoms. The molecule has 0 unspecified atom stereocenters. The fourth-order valence-corrected chi connectivity index (χ4v) is 34.5. The zero-order valence-electron chi connectivity index (χ0n) is 13.7. The summed E-state index contributed by atoms with van der Waals surface area (Å²) in [7, 11) is 3.91. The number of halogens is 2. The molecule has 8 heteroatoms. The van der Waals surface area contributed by atoms with E-state index in [1.54, 1.807) is 28.4 Å². The SMILES string of the molecule is COc1cccc(OC)c1[Te][Te](Br)(Br)c1c(OC)cccc1OC. The van der Waals surface area contributed by atoms with Gasteiger partial charge in [0.25, 0.3) is 0 Å². The molecule has 0 atom stereocenters. The van der Waals surface area contributed by atoms with E-state index in [1.165, 1.54) is 0 Å². The van der Waals surface area contributed by atoms with Gasteiger partial charge in [0.05, 0.1) is 0 Å². The fourth-order valence-electron chi connectivity index (χ4n) is 2.10. The molecule has 2 aromatic carbocycles. The van der Waals surface area contributed by atoms with Crippen molar-refractivity contribution in [1.82, 2.24) is 0 Å². The van der Waals surface area contributed by atoms with Crippen LogP contribution in [0.4, 0.5) is 0 Å². The number of benzene rings is 2. The first kappa shape index (κ1) is 20.5. The Morgan fingerprint density at radius 1 is 0.708 bits per heavy atom. The average molecular weight is 689 g/mol. The molecule has 2 rings (SSSR count). The molecule has 0 N–H and O–H groups in total. The standard InChI is InChI=1S/C16H18Br2O4Te2/c1-19-11-7-5-8-12(20-2)15(11)23-24(17,18)16-13(21-3)9-6-10-14(16)22-4/h5-10H,1-4H3. The molecule has 0 saturated carbocycles. The second-order valence-electron chi connectivity index (χ2n) is 4.49. The maximum absolute atomic E-state index is 5.59. The predicted molar refractivity (Wildman–Crippen MR) is 108 cm³/mol. The van der Waals surface area contributed by atoms with E-state index < -0.39 is 27.0 Å². The van der Waals surface area contributed by atoms with E-state index in [0.717, 1.165) is 30.2 Å². The molecular weight excluding hydrogens is 671 g/mol. The number of hydrogen-bond donors (Lipinski definition) is 0. The first-order valence-corrected chi connectivity index (χ1v) is 26.9. The number of ether oxygens (including phenoxy) is 4. The van der Waals surface area contributed by atoms with Crippen molar-refractivity contribution in [3.05, 3.63) is 36.4 Å². The molecule has 0 aliphatic rings. The first-order valence-electron chi connectivity index (χ1n) is 6.82. The summed E-state index contributed by atoms with van der Waals surface area (Å²) in [6, 6.07) is 11.8. The van der Waals surface area contributed by atoms with Gasteiger partial charge in [0.1, 0.15) is 0 Å². The van der Waals surface area contributed by atoms with Crippen molar-refractivity contribution in [2.24, 2.45) is 0 Å². The molecule has 24 heavy (non-hydrogen) atoms. The molecule has 0 bridgehead atoms. The molecule has 0 saturated heterocycles. The minimum atomic E-state index is -2.83. The van der Waals surface area contributed by atoms with E-state index in [1.807, 2.05) is 36.4 Å². The molecule has 0 radical (unpaired) electrons. The fraction of sp³-hybridized carbons (Fsp3) is 0.250. The average Bonchev–Trinajstić information content (AvgIpc) is 2.60. The van der Waals surface area contributed by atoms with Gasteiger partial charge in [0.2, 0.25) is 0 Å². The number of methoxy groups -OCH3 is 4. The van der Waals surface area contributed by atoms with Gasteiger partial charge in [-0.15, -0.1) is 0 Å². The molecule has 0 amide bonds. The van der Waals surface area contributed by atoms with Crippen LogP contribution in [-0.2, 0) is 0 Å². The summed E-state index contributed by atoms with van der Waals surface area (Å²) in [6.45, 7) is 0. The van der Waals surface area contributed by atoms with Gasteiger partial charge in [-0.25, -0.2) is 0 Å². The van der Waals surface area contributed by atoms with Crippen molar-refractivity contribution in [1.29, 1.82) is 0 Å². The van der Waals surface area contributed by atoms with Gasteiger partial charge in [0.15, 0.2) is 0 Å². The molecule has 2 aromatic rings. The predicted octanol–water partition coefficient (Wildman–Crippen LogP) is 2.69. The molecule has 132 valence electrons. The van der Waals surface area contributed by atoms with Gasteiger partial charge < -0.3 is 0 Å². The summed E-state index contributed by atoms with van der Waals surface area (Å²) >= 11 is 7.35. The Balaban J connectivity index is 2.54. The third kappa shape index (κ3) is 4.47. The molecular formula is C16H18Br2O4Te2.